The highest BCUT2D eigenvalue weighted by Gasteiger charge is 2.07. The molecule has 0 aliphatic heterocycles. The SMILES string of the molecule is CC(C)Sc1ccc(CC(=O)NCc2cc(-c3ccoc3)cs2)cc1. The van der Waals surface area contributed by atoms with Crippen LogP contribution < -0.4 is 5.32 Å². The zero-order valence-corrected chi connectivity index (χ0v) is 16.0. The number of thioether (sulfide) groups is 1. The van der Waals surface area contributed by atoms with Gasteiger partial charge < -0.3 is 9.73 Å². The number of carbonyl (C=O) groups excluding carboxylic acids is 1. The molecule has 0 radical (unpaired) electrons. The molecule has 0 aliphatic rings. The Labute approximate surface area is 156 Å². The van der Waals surface area contributed by atoms with Crippen molar-refractivity contribution in [2.45, 2.75) is 37.0 Å². The number of benzene rings is 1. The van der Waals surface area contributed by atoms with Crippen molar-refractivity contribution >= 4 is 29.0 Å². The van der Waals surface area contributed by atoms with Crippen LogP contribution in [0.4, 0.5) is 0 Å². The second-order valence-electron chi connectivity index (χ2n) is 6.08. The van der Waals surface area contributed by atoms with Gasteiger partial charge >= 0.3 is 0 Å². The van der Waals surface area contributed by atoms with Gasteiger partial charge in [-0.3, -0.25) is 4.79 Å². The Hall–Kier alpha value is -1.98. The fourth-order valence-electron chi connectivity index (χ4n) is 2.45. The Morgan fingerprint density at radius 1 is 1.20 bits per heavy atom. The third kappa shape index (κ3) is 5.25. The molecule has 0 saturated carbocycles. The minimum absolute atomic E-state index is 0.0440. The van der Waals surface area contributed by atoms with Crippen LogP contribution in [0.3, 0.4) is 0 Å². The first kappa shape index (κ1) is 17.8. The monoisotopic (exact) mass is 371 g/mol. The third-order valence-corrected chi connectivity index (χ3v) is 5.58. The average Bonchev–Trinajstić information content (AvgIpc) is 3.25. The largest absolute Gasteiger partial charge is 0.472 e. The van der Waals surface area contributed by atoms with E-state index in [2.05, 4.69) is 42.7 Å². The van der Waals surface area contributed by atoms with Gasteiger partial charge in [-0.1, -0.05) is 26.0 Å². The number of hydrogen-bond acceptors (Lipinski definition) is 4. The predicted molar refractivity (Wildman–Crippen MR) is 105 cm³/mol. The molecule has 3 rings (SSSR count). The van der Waals surface area contributed by atoms with E-state index in [9.17, 15) is 4.79 Å². The Kier molecular flexibility index (Phi) is 6.00. The molecule has 130 valence electrons. The van der Waals surface area contributed by atoms with E-state index in [0.717, 1.165) is 21.6 Å². The Morgan fingerprint density at radius 3 is 2.68 bits per heavy atom. The summed E-state index contributed by atoms with van der Waals surface area (Å²) in [6.07, 6.45) is 3.80. The van der Waals surface area contributed by atoms with Gasteiger partial charge in [0.25, 0.3) is 0 Å². The average molecular weight is 372 g/mol. The van der Waals surface area contributed by atoms with Crippen molar-refractivity contribution in [3.8, 4) is 11.1 Å². The van der Waals surface area contributed by atoms with Crippen LogP contribution in [0, 0.1) is 0 Å². The zero-order valence-electron chi connectivity index (χ0n) is 14.3. The lowest BCUT2D eigenvalue weighted by Gasteiger charge is -2.07. The van der Waals surface area contributed by atoms with Gasteiger partial charge in [0, 0.05) is 20.6 Å². The first-order valence-electron chi connectivity index (χ1n) is 8.22. The smallest absolute Gasteiger partial charge is 0.224 e. The molecule has 3 aromatic rings. The summed E-state index contributed by atoms with van der Waals surface area (Å²) < 4.78 is 5.11. The maximum atomic E-state index is 12.2. The molecule has 5 heteroatoms. The minimum Gasteiger partial charge on any atom is -0.472 e. The van der Waals surface area contributed by atoms with Crippen molar-refractivity contribution in [2.24, 2.45) is 0 Å². The Morgan fingerprint density at radius 2 is 2.00 bits per heavy atom. The highest BCUT2D eigenvalue weighted by atomic mass is 32.2. The number of nitrogens with one attached hydrogen (secondary N) is 1. The first-order valence-corrected chi connectivity index (χ1v) is 9.98. The molecule has 3 nitrogen and oxygen atoms in total. The molecule has 1 N–H and O–H groups in total. The molecule has 1 amide bonds. The summed E-state index contributed by atoms with van der Waals surface area (Å²) in [5.41, 5.74) is 3.23. The third-order valence-electron chi connectivity index (χ3n) is 3.63. The summed E-state index contributed by atoms with van der Waals surface area (Å²) in [5, 5.41) is 5.64. The molecule has 0 aliphatic carbocycles. The van der Waals surface area contributed by atoms with Gasteiger partial charge in [-0.15, -0.1) is 23.1 Å². The van der Waals surface area contributed by atoms with Gasteiger partial charge in [-0.25, -0.2) is 0 Å². The number of hydrogen-bond donors (Lipinski definition) is 1. The van der Waals surface area contributed by atoms with Crippen molar-refractivity contribution < 1.29 is 9.21 Å². The van der Waals surface area contributed by atoms with Crippen LogP contribution >= 0.6 is 23.1 Å². The lowest BCUT2D eigenvalue weighted by Crippen LogP contribution is -2.24. The van der Waals surface area contributed by atoms with Crippen LogP contribution in [0.25, 0.3) is 11.1 Å². The van der Waals surface area contributed by atoms with Crippen LogP contribution in [0.1, 0.15) is 24.3 Å². The molecule has 1 aromatic carbocycles. The molecule has 2 aromatic heterocycles. The Balaban J connectivity index is 1.49. The van der Waals surface area contributed by atoms with Gasteiger partial charge in [-0.05, 0) is 40.8 Å². The fourth-order valence-corrected chi connectivity index (χ4v) is 4.12. The van der Waals surface area contributed by atoms with Crippen LogP contribution in [-0.4, -0.2) is 11.2 Å². The van der Waals surface area contributed by atoms with Crippen molar-refractivity contribution in [1.29, 1.82) is 0 Å². The number of amides is 1. The fraction of sp³-hybridized carbons (Fsp3) is 0.250. The van der Waals surface area contributed by atoms with Crippen LogP contribution in [0.2, 0.25) is 0 Å². The van der Waals surface area contributed by atoms with E-state index >= 15 is 0 Å². The number of thiophene rings is 1. The number of furan rings is 1. The number of carbonyl (C=O) groups is 1. The van der Waals surface area contributed by atoms with Gasteiger partial charge in [0.05, 0.1) is 25.5 Å². The molecule has 2 heterocycles. The standard InChI is InChI=1S/C20H21NO2S2/c1-14(2)25-18-5-3-15(4-6-18)9-20(22)21-11-19-10-17(13-24-19)16-7-8-23-12-16/h3-8,10,12-14H,9,11H2,1-2H3,(H,21,22). The molecule has 25 heavy (non-hydrogen) atoms. The summed E-state index contributed by atoms with van der Waals surface area (Å²) in [6.45, 7) is 4.91. The van der Waals surface area contributed by atoms with E-state index in [4.69, 9.17) is 4.42 Å². The molecule has 0 unspecified atom stereocenters. The molecule has 0 saturated heterocycles. The summed E-state index contributed by atoms with van der Waals surface area (Å²) >= 11 is 3.47. The molecule has 0 spiro atoms. The molecule has 0 fully saturated rings. The van der Waals surface area contributed by atoms with Crippen molar-refractivity contribution in [2.75, 3.05) is 0 Å². The van der Waals surface area contributed by atoms with Crippen LogP contribution in [-0.2, 0) is 17.8 Å². The molecular weight excluding hydrogens is 350 g/mol. The second-order valence-corrected chi connectivity index (χ2v) is 8.72. The highest BCUT2D eigenvalue weighted by molar-refractivity contribution is 7.99. The Bertz CT molecular complexity index is 805. The van der Waals surface area contributed by atoms with Gasteiger partial charge in [0.15, 0.2) is 0 Å². The molecular formula is C20H21NO2S2. The van der Waals surface area contributed by atoms with E-state index in [0.29, 0.717) is 18.2 Å². The van der Waals surface area contributed by atoms with E-state index in [-0.39, 0.29) is 5.91 Å². The summed E-state index contributed by atoms with van der Waals surface area (Å²) in [7, 11) is 0. The maximum absolute atomic E-state index is 12.2. The maximum Gasteiger partial charge on any atom is 0.224 e. The van der Waals surface area contributed by atoms with Crippen LogP contribution in [0.15, 0.2) is 63.6 Å². The first-order chi connectivity index (χ1) is 12.1. The lowest BCUT2D eigenvalue weighted by atomic mass is 10.1. The summed E-state index contributed by atoms with van der Waals surface area (Å²) in [5.74, 6) is 0.0440. The van der Waals surface area contributed by atoms with E-state index in [1.54, 1.807) is 23.9 Å². The lowest BCUT2D eigenvalue weighted by molar-refractivity contribution is -0.120. The normalized spacial score (nSPS) is 11.0. The summed E-state index contributed by atoms with van der Waals surface area (Å²) in [6, 6.07) is 12.3. The topological polar surface area (TPSA) is 42.2 Å². The number of rotatable bonds is 7. The van der Waals surface area contributed by atoms with Gasteiger partial charge in [0.2, 0.25) is 5.91 Å². The van der Waals surface area contributed by atoms with E-state index in [1.165, 1.54) is 4.90 Å². The van der Waals surface area contributed by atoms with Gasteiger partial charge in [-0.2, -0.15) is 0 Å². The van der Waals surface area contributed by atoms with Gasteiger partial charge in [0.1, 0.15) is 0 Å². The molecule has 0 atom stereocenters. The van der Waals surface area contributed by atoms with Crippen molar-refractivity contribution in [3.63, 3.8) is 0 Å². The van der Waals surface area contributed by atoms with Crippen LogP contribution in [0.5, 0.6) is 0 Å². The molecule has 0 bridgehead atoms. The quantitative estimate of drug-likeness (QED) is 0.568. The summed E-state index contributed by atoms with van der Waals surface area (Å²) in [4.78, 5) is 14.5. The second kappa shape index (κ2) is 8.41. The van der Waals surface area contributed by atoms with Crippen molar-refractivity contribution in [3.05, 3.63) is 64.7 Å². The highest BCUT2D eigenvalue weighted by Crippen LogP contribution is 2.26. The zero-order chi connectivity index (χ0) is 17.6. The predicted octanol–water partition coefficient (Wildman–Crippen LogP) is 5.37. The minimum atomic E-state index is 0.0440. The van der Waals surface area contributed by atoms with E-state index < -0.39 is 0 Å². The van der Waals surface area contributed by atoms with E-state index in [1.807, 2.05) is 30.0 Å². The van der Waals surface area contributed by atoms with Crippen molar-refractivity contribution in [1.82, 2.24) is 5.32 Å².